The number of carbonyl (C=O) groups excluding carboxylic acids is 2. The van der Waals surface area contributed by atoms with Crippen molar-refractivity contribution in [3.8, 4) is 0 Å². The van der Waals surface area contributed by atoms with E-state index >= 15 is 0 Å². The molecule has 2 atom stereocenters. The quantitative estimate of drug-likeness (QED) is 0.696. The van der Waals surface area contributed by atoms with Crippen LogP contribution in [0, 0.1) is 5.92 Å². The Morgan fingerprint density at radius 3 is 2.55 bits per heavy atom. The number of urea groups is 1. The highest BCUT2D eigenvalue weighted by molar-refractivity contribution is 5.87. The van der Waals surface area contributed by atoms with E-state index < -0.39 is 18.0 Å². The Bertz CT molecular complexity index is 384. The molecule has 0 aliphatic carbocycles. The lowest BCUT2D eigenvalue weighted by molar-refractivity contribution is -0.145. The zero-order valence-electron chi connectivity index (χ0n) is 12.2. The molecule has 20 heavy (non-hydrogen) atoms. The maximum absolute atomic E-state index is 12.0. The first-order valence-corrected chi connectivity index (χ1v) is 6.89. The second-order valence-electron chi connectivity index (χ2n) is 5.48. The number of nitrogens with zero attached hydrogens (tertiary/aromatic N) is 1. The highest BCUT2D eigenvalue weighted by atomic mass is 16.4. The van der Waals surface area contributed by atoms with Crippen LogP contribution in [0.4, 0.5) is 4.79 Å². The van der Waals surface area contributed by atoms with Crippen molar-refractivity contribution in [1.82, 2.24) is 15.5 Å². The first kappa shape index (κ1) is 16.3. The first-order valence-electron chi connectivity index (χ1n) is 6.89. The van der Waals surface area contributed by atoms with Gasteiger partial charge in [0.05, 0.1) is 6.54 Å². The molecule has 0 aromatic carbocycles. The van der Waals surface area contributed by atoms with Crippen molar-refractivity contribution in [2.24, 2.45) is 5.92 Å². The van der Waals surface area contributed by atoms with Crippen LogP contribution in [0.2, 0.25) is 0 Å². The molecule has 7 heteroatoms. The topological polar surface area (TPSA) is 98.7 Å². The number of piperidine rings is 1. The summed E-state index contributed by atoms with van der Waals surface area (Å²) in [5, 5.41) is 14.4. The molecule has 3 N–H and O–H groups in total. The summed E-state index contributed by atoms with van der Waals surface area (Å²) < 4.78 is 0. The molecule has 0 aromatic heterocycles. The van der Waals surface area contributed by atoms with E-state index in [-0.39, 0.29) is 24.4 Å². The van der Waals surface area contributed by atoms with Gasteiger partial charge in [0, 0.05) is 12.6 Å². The minimum absolute atomic E-state index is 0.00109. The Labute approximate surface area is 118 Å². The molecule has 0 spiro atoms. The summed E-state index contributed by atoms with van der Waals surface area (Å²) in [6.07, 6.45) is 1.56. The first-order chi connectivity index (χ1) is 9.32. The third kappa shape index (κ3) is 4.40. The van der Waals surface area contributed by atoms with Crippen LogP contribution in [-0.4, -0.2) is 53.1 Å². The van der Waals surface area contributed by atoms with E-state index in [1.54, 1.807) is 0 Å². The van der Waals surface area contributed by atoms with Crippen molar-refractivity contribution in [2.45, 2.75) is 45.7 Å². The Kier molecular flexibility index (Phi) is 5.79. The Balaban J connectivity index is 2.56. The molecule has 1 heterocycles. The fourth-order valence-electron chi connectivity index (χ4n) is 2.42. The van der Waals surface area contributed by atoms with Crippen LogP contribution >= 0.6 is 0 Å². The van der Waals surface area contributed by atoms with Crippen molar-refractivity contribution in [3.05, 3.63) is 0 Å². The monoisotopic (exact) mass is 285 g/mol. The number of likely N-dealkylation sites (tertiary alicyclic amines) is 1. The van der Waals surface area contributed by atoms with Crippen LogP contribution in [0.15, 0.2) is 0 Å². The maximum atomic E-state index is 12.0. The van der Waals surface area contributed by atoms with Gasteiger partial charge < -0.3 is 20.6 Å². The fourth-order valence-corrected chi connectivity index (χ4v) is 2.42. The zero-order valence-corrected chi connectivity index (χ0v) is 12.2. The average molecular weight is 285 g/mol. The molecule has 1 saturated heterocycles. The maximum Gasteiger partial charge on any atom is 0.326 e. The van der Waals surface area contributed by atoms with Gasteiger partial charge in [-0.15, -0.1) is 0 Å². The molecule has 0 bridgehead atoms. The fraction of sp³-hybridized carbons (Fsp3) is 0.769. The molecule has 7 nitrogen and oxygen atoms in total. The second-order valence-corrected chi connectivity index (χ2v) is 5.48. The zero-order chi connectivity index (χ0) is 15.3. The van der Waals surface area contributed by atoms with Gasteiger partial charge in [-0.3, -0.25) is 4.79 Å². The van der Waals surface area contributed by atoms with E-state index in [1.165, 1.54) is 4.90 Å². The van der Waals surface area contributed by atoms with Gasteiger partial charge in [0.25, 0.3) is 0 Å². The second kappa shape index (κ2) is 7.12. The average Bonchev–Trinajstić information content (AvgIpc) is 2.34. The smallest absolute Gasteiger partial charge is 0.326 e. The molecule has 1 fully saturated rings. The van der Waals surface area contributed by atoms with Crippen molar-refractivity contribution < 1.29 is 19.5 Å². The summed E-state index contributed by atoms with van der Waals surface area (Å²) in [6, 6.07) is -1.32. The van der Waals surface area contributed by atoms with E-state index in [1.807, 2.05) is 20.8 Å². The van der Waals surface area contributed by atoms with E-state index in [9.17, 15) is 19.5 Å². The summed E-state index contributed by atoms with van der Waals surface area (Å²) >= 11 is 0. The van der Waals surface area contributed by atoms with Crippen LogP contribution in [0.3, 0.4) is 0 Å². The van der Waals surface area contributed by atoms with Crippen LogP contribution in [0.1, 0.15) is 33.6 Å². The van der Waals surface area contributed by atoms with E-state index in [0.29, 0.717) is 6.54 Å². The molecular weight excluding hydrogens is 262 g/mol. The van der Waals surface area contributed by atoms with Crippen molar-refractivity contribution >= 4 is 17.9 Å². The molecule has 0 radical (unpaired) electrons. The third-order valence-corrected chi connectivity index (χ3v) is 3.30. The summed E-state index contributed by atoms with van der Waals surface area (Å²) in [5.41, 5.74) is 0. The van der Waals surface area contributed by atoms with E-state index in [0.717, 1.165) is 12.8 Å². The van der Waals surface area contributed by atoms with Crippen LogP contribution in [-0.2, 0) is 9.59 Å². The molecule has 1 aliphatic heterocycles. The van der Waals surface area contributed by atoms with Gasteiger partial charge in [-0.1, -0.05) is 6.92 Å². The molecule has 0 saturated carbocycles. The highest BCUT2D eigenvalue weighted by Crippen LogP contribution is 2.23. The van der Waals surface area contributed by atoms with Crippen LogP contribution < -0.4 is 10.6 Å². The van der Waals surface area contributed by atoms with Gasteiger partial charge in [0.2, 0.25) is 5.91 Å². The summed E-state index contributed by atoms with van der Waals surface area (Å²) in [5.74, 6) is -1.37. The number of carboxylic acid groups (broad SMARTS) is 1. The lowest BCUT2D eigenvalue weighted by atomic mass is 9.91. The number of hydrogen-bond acceptors (Lipinski definition) is 3. The SMILES string of the molecule is CC(C)NC(=O)CNC(=O)N1CCCC(C)C1C(=O)O. The molecule has 2 unspecified atom stereocenters. The normalized spacial score (nSPS) is 22.5. The number of amides is 3. The van der Waals surface area contributed by atoms with Crippen LogP contribution in [0.5, 0.6) is 0 Å². The highest BCUT2D eigenvalue weighted by Gasteiger charge is 2.37. The largest absolute Gasteiger partial charge is 0.480 e. The molecule has 1 aliphatic rings. The van der Waals surface area contributed by atoms with Gasteiger partial charge >= 0.3 is 12.0 Å². The molecular formula is C13H23N3O4. The van der Waals surface area contributed by atoms with Crippen molar-refractivity contribution in [2.75, 3.05) is 13.1 Å². The summed E-state index contributed by atoms with van der Waals surface area (Å²) in [6.45, 7) is 5.73. The van der Waals surface area contributed by atoms with E-state index in [2.05, 4.69) is 10.6 Å². The van der Waals surface area contributed by atoms with E-state index in [4.69, 9.17) is 0 Å². The summed E-state index contributed by atoms with van der Waals surface area (Å²) in [7, 11) is 0. The van der Waals surface area contributed by atoms with Gasteiger partial charge in [-0.05, 0) is 32.6 Å². The minimum Gasteiger partial charge on any atom is -0.480 e. The number of carbonyl (C=O) groups is 3. The Morgan fingerprint density at radius 2 is 2.00 bits per heavy atom. The summed E-state index contributed by atoms with van der Waals surface area (Å²) in [4.78, 5) is 36.0. The number of aliphatic carboxylic acids is 1. The predicted molar refractivity (Wildman–Crippen MR) is 73.2 cm³/mol. The van der Waals surface area contributed by atoms with Gasteiger partial charge in [0.1, 0.15) is 6.04 Å². The van der Waals surface area contributed by atoms with Crippen LogP contribution in [0.25, 0.3) is 0 Å². The molecule has 0 aromatic rings. The van der Waals surface area contributed by atoms with Gasteiger partial charge in [-0.2, -0.15) is 0 Å². The number of carboxylic acids is 1. The number of hydrogen-bond donors (Lipinski definition) is 3. The van der Waals surface area contributed by atoms with Gasteiger partial charge in [0.15, 0.2) is 0 Å². The molecule has 1 rings (SSSR count). The Morgan fingerprint density at radius 1 is 1.35 bits per heavy atom. The van der Waals surface area contributed by atoms with Gasteiger partial charge in [-0.25, -0.2) is 9.59 Å². The third-order valence-electron chi connectivity index (χ3n) is 3.30. The lowest BCUT2D eigenvalue weighted by Gasteiger charge is -2.37. The Hall–Kier alpha value is -1.79. The molecule has 3 amide bonds. The lowest BCUT2D eigenvalue weighted by Crippen LogP contribution is -2.56. The van der Waals surface area contributed by atoms with Crippen molar-refractivity contribution in [3.63, 3.8) is 0 Å². The molecule has 114 valence electrons. The van der Waals surface area contributed by atoms with Crippen molar-refractivity contribution in [1.29, 1.82) is 0 Å². The predicted octanol–water partition coefficient (Wildman–Crippen LogP) is 0.406. The number of nitrogens with one attached hydrogen (secondary N) is 2. The standard InChI is InChI=1S/C13H23N3O4/c1-8(2)15-10(17)7-14-13(20)16-6-4-5-9(3)11(16)12(18)19/h8-9,11H,4-7H2,1-3H3,(H,14,20)(H,15,17)(H,18,19). The minimum atomic E-state index is -1.00. The number of rotatable bonds is 4.